The highest BCUT2D eigenvalue weighted by Gasteiger charge is 2.42. The fourth-order valence-electron chi connectivity index (χ4n) is 2.95. The average molecular weight is 406 g/mol. The highest BCUT2D eigenvalue weighted by atomic mass is 32.2. The summed E-state index contributed by atoms with van der Waals surface area (Å²) in [5.74, 6) is -0.237. The fraction of sp³-hybridized carbons (Fsp3) is 0.368. The van der Waals surface area contributed by atoms with Gasteiger partial charge in [-0.1, -0.05) is 0 Å². The fourth-order valence-corrected chi connectivity index (χ4v) is 4.74. The van der Waals surface area contributed by atoms with Crippen LogP contribution in [0.1, 0.15) is 46.7 Å². The molecule has 0 saturated heterocycles. The van der Waals surface area contributed by atoms with Crippen LogP contribution < -0.4 is 5.32 Å². The minimum atomic E-state index is -3.93. The molecule has 1 aliphatic heterocycles. The zero-order valence-corrected chi connectivity index (χ0v) is 16.5. The molecule has 3 rings (SSSR count). The van der Waals surface area contributed by atoms with Gasteiger partial charge in [-0.15, -0.1) is 0 Å². The number of nitrogens with one attached hydrogen (secondary N) is 1. The number of fused-ring (bicyclic) bond motifs is 1. The topological polar surface area (TPSA) is 106 Å². The monoisotopic (exact) mass is 406 g/mol. The van der Waals surface area contributed by atoms with E-state index in [0.717, 1.165) is 10.1 Å². The smallest absolute Gasteiger partial charge is 0.269 e. The Hall–Kier alpha value is -2.65. The molecule has 0 spiro atoms. The minimum Gasteiger partial charge on any atom is -0.467 e. The van der Waals surface area contributed by atoms with Gasteiger partial charge in [0.2, 0.25) is 0 Å². The summed E-state index contributed by atoms with van der Waals surface area (Å²) < 4.78 is 36.6. The predicted octanol–water partition coefficient (Wildman–Crippen LogP) is 2.17. The molecule has 0 aliphatic carbocycles. The summed E-state index contributed by atoms with van der Waals surface area (Å²) in [5, 5.41) is 2.72. The molecule has 0 unspecified atom stereocenters. The Kier molecular flexibility index (Phi) is 5.85. The van der Waals surface area contributed by atoms with Gasteiger partial charge in [0.1, 0.15) is 17.3 Å². The van der Waals surface area contributed by atoms with E-state index in [-0.39, 0.29) is 16.0 Å². The van der Waals surface area contributed by atoms with Gasteiger partial charge in [-0.3, -0.25) is 9.59 Å². The molecule has 0 bridgehead atoms. The summed E-state index contributed by atoms with van der Waals surface area (Å²) in [6.45, 7) is 4.44. The highest BCUT2D eigenvalue weighted by molar-refractivity contribution is 7.90. The third-order valence-corrected chi connectivity index (χ3v) is 6.25. The van der Waals surface area contributed by atoms with E-state index in [0.29, 0.717) is 26.2 Å². The third-order valence-electron chi connectivity index (χ3n) is 4.26. The van der Waals surface area contributed by atoms with Crippen LogP contribution in [0.3, 0.4) is 0 Å². The molecule has 0 fully saturated rings. The van der Waals surface area contributed by atoms with E-state index >= 15 is 0 Å². The Labute approximate surface area is 163 Å². The molecule has 2 aromatic rings. The number of furan rings is 1. The van der Waals surface area contributed by atoms with Gasteiger partial charge in [0.25, 0.3) is 21.8 Å². The Bertz CT molecular complexity index is 966. The van der Waals surface area contributed by atoms with Gasteiger partial charge >= 0.3 is 0 Å². The molecule has 0 radical (unpaired) electrons. The zero-order valence-electron chi connectivity index (χ0n) is 15.7. The van der Waals surface area contributed by atoms with Crippen LogP contribution in [0, 0.1) is 0 Å². The van der Waals surface area contributed by atoms with E-state index in [4.69, 9.17) is 9.15 Å². The summed E-state index contributed by atoms with van der Waals surface area (Å²) >= 11 is 0. The van der Waals surface area contributed by atoms with Crippen LogP contribution in [0.5, 0.6) is 0 Å². The largest absolute Gasteiger partial charge is 0.467 e. The number of nitrogens with zero attached hydrogens (tertiary/aromatic N) is 1. The van der Waals surface area contributed by atoms with Crippen molar-refractivity contribution < 1.29 is 27.2 Å². The first-order valence-corrected chi connectivity index (χ1v) is 10.4. The summed E-state index contributed by atoms with van der Waals surface area (Å²) in [7, 11) is -3.93. The van der Waals surface area contributed by atoms with Crippen LogP contribution in [-0.4, -0.2) is 43.7 Å². The van der Waals surface area contributed by atoms with Gasteiger partial charge in [-0.05, 0) is 50.6 Å². The molecule has 1 aromatic carbocycles. The Balaban J connectivity index is 1.56. The lowest BCUT2D eigenvalue weighted by Crippen LogP contribution is -2.36. The van der Waals surface area contributed by atoms with Crippen molar-refractivity contribution in [1.82, 2.24) is 9.62 Å². The van der Waals surface area contributed by atoms with Gasteiger partial charge in [0.05, 0.1) is 11.8 Å². The number of ether oxygens (including phenoxy) is 1. The average Bonchev–Trinajstić information content (AvgIpc) is 3.22. The molecule has 0 atom stereocenters. The molecule has 2 heterocycles. The second kappa shape index (κ2) is 8.15. The SMILES string of the molecule is CC(C)N1C(=O)c2ccc(C(=O)NCCCOCc3ccco3)cc2S1(=O)=O. The lowest BCUT2D eigenvalue weighted by molar-refractivity contribution is 0.0845. The van der Waals surface area contributed by atoms with Crippen molar-refractivity contribution in [3.8, 4) is 0 Å². The maximum absolute atomic E-state index is 12.6. The van der Waals surface area contributed by atoms with Crippen LogP contribution in [-0.2, 0) is 21.4 Å². The van der Waals surface area contributed by atoms with Gasteiger partial charge < -0.3 is 14.5 Å². The molecule has 1 aliphatic rings. The van der Waals surface area contributed by atoms with E-state index in [1.54, 1.807) is 26.2 Å². The summed E-state index contributed by atoms with van der Waals surface area (Å²) in [4.78, 5) is 24.5. The number of sulfonamides is 1. The van der Waals surface area contributed by atoms with Gasteiger partial charge in [-0.2, -0.15) is 0 Å². The normalized spacial score (nSPS) is 15.1. The summed E-state index contributed by atoms with van der Waals surface area (Å²) in [6, 6.07) is 7.20. The van der Waals surface area contributed by atoms with E-state index in [1.165, 1.54) is 18.2 Å². The van der Waals surface area contributed by atoms with Crippen molar-refractivity contribution in [2.24, 2.45) is 0 Å². The van der Waals surface area contributed by atoms with Crippen LogP contribution in [0.4, 0.5) is 0 Å². The summed E-state index contributed by atoms with van der Waals surface area (Å²) in [5.41, 5.74) is 0.286. The molecular weight excluding hydrogens is 384 g/mol. The number of benzene rings is 1. The number of carbonyl (C=O) groups is 2. The molecule has 2 amide bonds. The number of rotatable bonds is 8. The molecule has 8 nitrogen and oxygen atoms in total. The van der Waals surface area contributed by atoms with Crippen LogP contribution in [0.25, 0.3) is 0 Å². The Morgan fingerprint density at radius 2 is 2.07 bits per heavy atom. The maximum atomic E-state index is 12.6. The van der Waals surface area contributed by atoms with Crippen LogP contribution >= 0.6 is 0 Å². The maximum Gasteiger partial charge on any atom is 0.269 e. The van der Waals surface area contributed by atoms with Crippen molar-refractivity contribution in [1.29, 1.82) is 0 Å². The first-order valence-electron chi connectivity index (χ1n) is 8.93. The predicted molar refractivity (Wildman–Crippen MR) is 100 cm³/mol. The first kappa shape index (κ1) is 20.1. The molecule has 150 valence electrons. The van der Waals surface area contributed by atoms with Crippen molar-refractivity contribution in [2.45, 2.75) is 37.8 Å². The third kappa shape index (κ3) is 3.95. The van der Waals surface area contributed by atoms with E-state index in [2.05, 4.69) is 5.32 Å². The minimum absolute atomic E-state index is 0.0941. The van der Waals surface area contributed by atoms with Gasteiger partial charge in [-0.25, -0.2) is 12.7 Å². The van der Waals surface area contributed by atoms with Crippen LogP contribution in [0.2, 0.25) is 0 Å². The molecule has 9 heteroatoms. The molecular formula is C19H22N2O6S. The van der Waals surface area contributed by atoms with E-state index < -0.39 is 27.9 Å². The van der Waals surface area contributed by atoms with Crippen molar-refractivity contribution >= 4 is 21.8 Å². The van der Waals surface area contributed by atoms with E-state index in [9.17, 15) is 18.0 Å². The standard InChI is InChI=1S/C19H22N2O6S/c1-13(2)21-19(23)16-7-6-14(11-17(16)28(21,24)25)18(22)20-8-4-9-26-12-15-5-3-10-27-15/h3,5-7,10-11,13H,4,8-9,12H2,1-2H3,(H,20,22). The summed E-state index contributed by atoms with van der Waals surface area (Å²) in [6.07, 6.45) is 2.17. The number of hydrogen-bond donors (Lipinski definition) is 1. The Morgan fingerprint density at radius 1 is 1.29 bits per heavy atom. The second-order valence-electron chi connectivity index (χ2n) is 6.65. The van der Waals surface area contributed by atoms with Crippen molar-refractivity contribution in [2.75, 3.05) is 13.2 Å². The molecule has 0 saturated carbocycles. The van der Waals surface area contributed by atoms with Gasteiger partial charge in [0.15, 0.2) is 0 Å². The lowest BCUT2D eigenvalue weighted by Gasteiger charge is -2.18. The lowest BCUT2D eigenvalue weighted by atomic mass is 10.1. The van der Waals surface area contributed by atoms with Gasteiger partial charge in [0, 0.05) is 24.8 Å². The first-order chi connectivity index (χ1) is 13.3. The Morgan fingerprint density at radius 3 is 2.75 bits per heavy atom. The van der Waals surface area contributed by atoms with Crippen molar-refractivity contribution in [3.63, 3.8) is 0 Å². The van der Waals surface area contributed by atoms with Crippen LogP contribution in [0.15, 0.2) is 45.9 Å². The second-order valence-corrected chi connectivity index (χ2v) is 8.44. The number of carbonyl (C=O) groups excluding carboxylic acids is 2. The molecule has 1 aromatic heterocycles. The zero-order chi connectivity index (χ0) is 20.3. The molecule has 1 N–H and O–H groups in total. The van der Waals surface area contributed by atoms with Crippen molar-refractivity contribution in [3.05, 3.63) is 53.5 Å². The van der Waals surface area contributed by atoms with E-state index in [1.807, 2.05) is 6.07 Å². The molecule has 28 heavy (non-hydrogen) atoms. The highest BCUT2D eigenvalue weighted by Crippen LogP contribution is 2.32. The number of amides is 2. The quantitative estimate of drug-likeness (QED) is 0.674. The number of hydrogen-bond acceptors (Lipinski definition) is 6.